The van der Waals surface area contributed by atoms with Gasteiger partial charge in [0.05, 0.1) is 0 Å². The van der Waals surface area contributed by atoms with Gasteiger partial charge in [-0.1, -0.05) is 17.7 Å². The second kappa shape index (κ2) is 5.09. The molecule has 0 saturated heterocycles. The lowest BCUT2D eigenvalue weighted by Gasteiger charge is -2.29. The molecule has 0 radical (unpaired) electrons. The molecule has 1 saturated carbocycles. The Bertz CT molecular complexity index is 383. The monoisotopic (exact) mass is 232 g/mol. The SMILES string of the molecule is Cc1ccc(N(C)C(C)CNC2CC2)c(C)c1. The molecule has 2 rings (SSSR count). The van der Waals surface area contributed by atoms with Crippen molar-refractivity contribution in [2.45, 2.75) is 45.7 Å². The van der Waals surface area contributed by atoms with E-state index in [1.807, 2.05) is 0 Å². The number of nitrogens with zero attached hydrogens (tertiary/aromatic N) is 1. The number of aryl methyl sites for hydroxylation is 2. The van der Waals surface area contributed by atoms with Crippen molar-refractivity contribution in [3.05, 3.63) is 29.3 Å². The summed E-state index contributed by atoms with van der Waals surface area (Å²) in [5.74, 6) is 0. The zero-order chi connectivity index (χ0) is 12.4. The van der Waals surface area contributed by atoms with Crippen LogP contribution in [-0.4, -0.2) is 25.7 Å². The summed E-state index contributed by atoms with van der Waals surface area (Å²) >= 11 is 0. The van der Waals surface area contributed by atoms with Crippen molar-refractivity contribution in [2.24, 2.45) is 0 Å². The van der Waals surface area contributed by atoms with Crippen molar-refractivity contribution in [1.82, 2.24) is 5.32 Å². The summed E-state index contributed by atoms with van der Waals surface area (Å²) in [6.07, 6.45) is 2.72. The van der Waals surface area contributed by atoms with Gasteiger partial charge in [-0.2, -0.15) is 0 Å². The van der Waals surface area contributed by atoms with Gasteiger partial charge < -0.3 is 10.2 Å². The van der Waals surface area contributed by atoms with Crippen LogP contribution in [0.5, 0.6) is 0 Å². The van der Waals surface area contributed by atoms with Gasteiger partial charge in [-0.3, -0.25) is 0 Å². The first-order valence-electron chi connectivity index (χ1n) is 6.61. The third-order valence-electron chi connectivity index (χ3n) is 3.67. The number of likely N-dealkylation sites (N-methyl/N-ethyl adjacent to an activating group) is 1. The summed E-state index contributed by atoms with van der Waals surface area (Å²) in [5, 5.41) is 3.60. The van der Waals surface area contributed by atoms with Gasteiger partial charge in [0.25, 0.3) is 0 Å². The second-order valence-corrected chi connectivity index (χ2v) is 5.43. The highest BCUT2D eigenvalue weighted by atomic mass is 15.2. The third kappa shape index (κ3) is 3.22. The predicted octanol–water partition coefficient (Wildman–Crippen LogP) is 2.88. The molecule has 0 amide bonds. The normalized spacial score (nSPS) is 16.9. The molecule has 17 heavy (non-hydrogen) atoms. The van der Waals surface area contributed by atoms with E-state index < -0.39 is 0 Å². The molecule has 0 aliphatic heterocycles. The summed E-state index contributed by atoms with van der Waals surface area (Å²) in [7, 11) is 2.19. The number of hydrogen-bond acceptors (Lipinski definition) is 2. The molecular formula is C15H24N2. The van der Waals surface area contributed by atoms with Crippen molar-refractivity contribution >= 4 is 5.69 Å². The van der Waals surface area contributed by atoms with Crippen LogP contribution in [0.25, 0.3) is 0 Å². The summed E-state index contributed by atoms with van der Waals surface area (Å²) in [4.78, 5) is 2.38. The minimum atomic E-state index is 0.539. The highest BCUT2D eigenvalue weighted by molar-refractivity contribution is 5.54. The first-order valence-corrected chi connectivity index (χ1v) is 6.61. The number of rotatable bonds is 5. The maximum atomic E-state index is 3.60. The molecule has 2 heteroatoms. The summed E-state index contributed by atoms with van der Waals surface area (Å²) in [5.41, 5.74) is 4.05. The van der Waals surface area contributed by atoms with E-state index in [-0.39, 0.29) is 0 Å². The summed E-state index contributed by atoms with van der Waals surface area (Å²) < 4.78 is 0. The standard InChI is InChI=1S/C15H24N2/c1-11-5-8-15(12(2)9-11)17(4)13(3)10-16-14-6-7-14/h5,8-9,13-14,16H,6-7,10H2,1-4H3. The molecule has 0 heterocycles. The van der Waals surface area contributed by atoms with Crippen LogP contribution in [0.3, 0.4) is 0 Å². The van der Waals surface area contributed by atoms with E-state index in [1.54, 1.807) is 0 Å². The van der Waals surface area contributed by atoms with Crippen LogP contribution in [0.15, 0.2) is 18.2 Å². The van der Waals surface area contributed by atoms with Gasteiger partial charge >= 0.3 is 0 Å². The van der Waals surface area contributed by atoms with E-state index in [4.69, 9.17) is 0 Å². The van der Waals surface area contributed by atoms with E-state index in [2.05, 4.69) is 56.2 Å². The van der Waals surface area contributed by atoms with Gasteiger partial charge in [-0.25, -0.2) is 0 Å². The largest absolute Gasteiger partial charge is 0.370 e. The fraction of sp³-hybridized carbons (Fsp3) is 0.600. The van der Waals surface area contributed by atoms with Crippen molar-refractivity contribution in [3.63, 3.8) is 0 Å². The lowest BCUT2D eigenvalue weighted by molar-refractivity contribution is 0.582. The lowest BCUT2D eigenvalue weighted by Crippen LogP contribution is -2.39. The topological polar surface area (TPSA) is 15.3 Å². The Hall–Kier alpha value is -1.02. The Balaban J connectivity index is 1.98. The van der Waals surface area contributed by atoms with E-state index in [0.717, 1.165) is 12.6 Å². The smallest absolute Gasteiger partial charge is 0.0396 e. The molecule has 1 fully saturated rings. The Labute approximate surface area is 105 Å². The van der Waals surface area contributed by atoms with Crippen LogP contribution in [-0.2, 0) is 0 Å². The van der Waals surface area contributed by atoms with Gasteiger partial charge in [-0.15, -0.1) is 0 Å². The maximum absolute atomic E-state index is 3.60. The molecule has 1 N–H and O–H groups in total. The average molecular weight is 232 g/mol. The van der Waals surface area contributed by atoms with E-state index in [1.165, 1.54) is 29.7 Å². The zero-order valence-electron chi connectivity index (χ0n) is 11.5. The van der Waals surface area contributed by atoms with Crippen LogP contribution in [0.4, 0.5) is 5.69 Å². The quantitative estimate of drug-likeness (QED) is 0.840. The maximum Gasteiger partial charge on any atom is 0.0396 e. The van der Waals surface area contributed by atoms with Crippen LogP contribution >= 0.6 is 0 Å². The van der Waals surface area contributed by atoms with Crippen LogP contribution in [0, 0.1) is 13.8 Å². The minimum absolute atomic E-state index is 0.539. The van der Waals surface area contributed by atoms with Gasteiger partial charge in [0.1, 0.15) is 0 Å². The van der Waals surface area contributed by atoms with E-state index >= 15 is 0 Å². The van der Waals surface area contributed by atoms with Crippen molar-refractivity contribution in [1.29, 1.82) is 0 Å². The van der Waals surface area contributed by atoms with E-state index in [0.29, 0.717) is 6.04 Å². The second-order valence-electron chi connectivity index (χ2n) is 5.43. The van der Waals surface area contributed by atoms with Crippen LogP contribution < -0.4 is 10.2 Å². The summed E-state index contributed by atoms with van der Waals surface area (Å²) in [6.45, 7) is 7.71. The highest BCUT2D eigenvalue weighted by Crippen LogP contribution is 2.22. The number of benzene rings is 1. The fourth-order valence-electron chi connectivity index (χ4n) is 2.20. The molecule has 1 atom stereocenters. The van der Waals surface area contributed by atoms with Crippen molar-refractivity contribution in [3.8, 4) is 0 Å². The number of nitrogens with one attached hydrogen (secondary N) is 1. The van der Waals surface area contributed by atoms with E-state index in [9.17, 15) is 0 Å². The number of hydrogen-bond donors (Lipinski definition) is 1. The highest BCUT2D eigenvalue weighted by Gasteiger charge is 2.22. The lowest BCUT2D eigenvalue weighted by atomic mass is 10.1. The van der Waals surface area contributed by atoms with Gasteiger partial charge in [0, 0.05) is 31.4 Å². The Morgan fingerprint density at radius 1 is 1.35 bits per heavy atom. The fourth-order valence-corrected chi connectivity index (χ4v) is 2.20. The van der Waals surface area contributed by atoms with Crippen molar-refractivity contribution < 1.29 is 0 Å². The number of anilines is 1. The zero-order valence-corrected chi connectivity index (χ0v) is 11.5. The summed E-state index contributed by atoms with van der Waals surface area (Å²) in [6, 6.07) is 8.02. The van der Waals surface area contributed by atoms with Gasteiger partial charge in [-0.05, 0) is 45.2 Å². The molecule has 2 nitrogen and oxygen atoms in total. The molecule has 1 aliphatic carbocycles. The molecule has 0 bridgehead atoms. The molecule has 1 unspecified atom stereocenters. The van der Waals surface area contributed by atoms with Gasteiger partial charge in [0.2, 0.25) is 0 Å². The molecular weight excluding hydrogens is 208 g/mol. The molecule has 0 aromatic heterocycles. The first kappa shape index (κ1) is 12.4. The molecule has 0 spiro atoms. The molecule has 94 valence electrons. The van der Waals surface area contributed by atoms with Gasteiger partial charge in [0.15, 0.2) is 0 Å². The van der Waals surface area contributed by atoms with Crippen molar-refractivity contribution in [2.75, 3.05) is 18.5 Å². The molecule has 1 aromatic rings. The Morgan fingerprint density at radius 2 is 2.06 bits per heavy atom. The molecule has 1 aliphatic rings. The molecule has 1 aromatic carbocycles. The predicted molar refractivity (Wildman–Crippen MR) is 74.8 cm³/mol. The minimum Gasteiger partial charge on any atom is -0.370 e. The Kier molecular flexibility index (Phi) is 3.72. The Morgan fingerprint density at radius 3 is 2.65 bits per heavy atom. The van der Waals surface area contributed by atoms with Crippen LogP contribution in [0.2, 0.25) is 0 Å². The van der Waals surface area contributed by atoms with Crippen LogP contribution in [0.1, 0.15) is 30.9 Å². The third-order valence-corrected chi connectivity index (χ3v) is 3.67. The average Bonchev–Trinajstić information content (AvgIpc) is 3.09. The first-order chi connectivity index (χ1) is 8.08.